The van der Waals surface area contributed by atoms with Gasteiger partial charge in [-0.1, -0.05) is 24.3 Å². The molecule has 43 heavy (non-hydrogen) atoms. The van der Waals surface area contributed by atoms with Gasteiger partial charge in [0.1, 0.15) is 23.5 Å². The maximum Gasteiger partial charge on any atom is 0.410 e. The molecule has 0 saturated heterocycles. The van der Waals surface area contributed by atoms with Crippen LogP contribution in [0.15, 0.2) is 65.1 Å². The molecule has 0 aliphatic carbocycles. The molecule has 0 radical (unpaired) electrons. The quantitative estimate of drug-likeness (QED) is 0.202. The number of fused-ring (bicyclic) bond motifs is 4. The van der Waals surface area contributed by atoms with E-state index in [2.05, 4.69) is 11.1 Å². The van der Waals surface area contributed by atoms with Gasteiger partial charge >= 0.3 is 16.3 Å². The predicted molar refractivity (Wildman–Crippen MR) is 167 cm³/mol. The maximum atomic E-state index is 13.1. The molecule has 0 spiro atoms. The van der Waals surface area contributed by atoms with Crippen molar-refractivity contribution in [2.75, 3.05) is 33.8 Å². The number of rotatable bonds is 9. The van der Waals surface area contributed by atoms with E-state index in [1.54, 1.807) is 26.8 Å². The third-order valence-corrected chi connectivity index (χ3v) is 8.92. The minimum absolute atomic E-state index is 0.121. The summed E-state index contributed by atoms with van der Waals surface area (Å²) in [7, 11) is -1.22. The zero-order valence-corrected chi connectivity index (χ0v) is 26.2. The van der Waals surface area contributed by atoms with Gasteiger partial charge in [0.25, 0.3) is 4.84 Å². The molecule has 5 rings (SSSR count). The third-order valence-electron chi connectivity index (χ3n) is 6.79. The van der Waals surface area contributed by atoms with Crippen molar-refractivity contribution in [3.63, 3.8) is 0 Å². The summed E-state index contributed by atoms with van der Waals surface area (Å²) in [5.41, 5.74) is 1.99. The van der Waals surface area contributed by atoms with Crippen LogP contribution in [0.3, 0.4) is 0 Å². The maximum absolute atomic E-state index is 13.1. The Hall–Kier alpha value is -3.91. The molecule has 13 heteroatoms. The number of aliphatic hydroxyl groups is 1. The number of hydrogen-bond donors (Lipinski definition) is 2. The average Bonchev–Trinajstić information content (AvgIpc) is 3.47. The topological polar surface area (TPSA) is 130 Å². The lowest BCUT2D eigenvalue weighted by molar-refractivity contribution is 0.0117. The van der Waals surface area contributed by atoms with E-state index >= 15 is 0 Å². The number of benzene rings is 3. The van der Waals surface area contributed by atoms with E-state index in [4.69, 9.17) is 26.1 Å². The fourth-order valence-corrected chi connectivity index (χ4v) is 6.11. The monoisotopic (exact) mass is 626 g/mol. The Labute approximate surface area is 254 Å². The standard InChI is InChI=1S/C30H34N4O7S2/c1-30(2,3)41-28(36)33(14-15-39-20-11-12-22-21-8-6-7-9-23(21)31-24(22)17-20)18-26(35)19-10-13-27-25(16-19)34(29(42)40-27)43(37,38)32(4)5/h6-13,16-17,26,31,35H,14-15,18H2,1-5H3/t26-/m0/s1. The van der Waals surface area contributed by atoms with Gasteiger partial charge in [0.15, 0.2) is 5.58 Å². The van der Waals surface area contributed by atoms with Crippen LogP contribution in [0.1, 0.15) is 32.4 Å². The van der Waals surface area contributed by atoms with Crippen LogP contribution in [-0.2, 0) is 14.9 Å². The van der Waals surface area contributed by atoms with Crippen LogP contribution < -0.4 is 4.74 Å². The number of amides is 1. The molecule has 228 valence electrons. The number of nitrogens with zero attached hydrogens (tertiary/aromatic N) is 3. The van der Waals surface area contributed by atoms with E-state index < -0.39 is 28.0 Å². The van der Waals surface area contributed by atoms with Crippen molar-refractivity contribution in [1.29, 1.82) is 0 Å². The number of aromatic nitrogens is 2. The summed E-state index contributed by atoms with van der Waals surface area (Å²) in [5.74, 6) is 0.625. The van der Waals surface area contributed by atoms with Crippen LogP contribution in [0.4, 0.5) is 4.79 Å². The molecule has 0 fully saturated rings. The van der Waals surface area contributed by atoms with Crippen molar-refractivity contribution < 1.29 is 32.2 Å². The fourth-order valence-electron chi connectivity index (χ4n) is 4.70. The summed E-state index contributed by atoms with van der Waals surface area (Å²) < 4.78 is 44.7. The SMILES string of the molecule is CN(C)S(=O)(=O)n1c(=S)oc2ccc([C@@H](O)CN(CCOc3ccc4c(c3)[nH]c3ccccc34)C(=O)OC(C)(C)C)cc21. The molecule has 0 unspecified atom stereocenters. The lowest BCUT2D eigenvalue weighted by Crippen LogP contribution is -2.41. The van der Waals surface area contributed by atoms with E-state index in [0.717, 1.165) is 30.1 Å². The number of ether oxygens (including phenoxy) is 2. The van der Waals surface area contributed by atoms with Crippen LogP contribution in [0.5, 0.6) is 5.75 Å². The Morgan fingerprint density at radius 1 is 1.07 bits per heavy atom. The summed E-state index contributed by atoms with van der Waals surface area (Å²) in [6.45, 7) is 5.40. The van der Waals surface area contributed by atoms with E-state index in [9.17, 15) is 18.3 Å². The van der Waals surface area contributed by atoms with Gasteiger partial charge in [0.2, 0.25) is 0 Å². The Morgan fingerprint density at radius 2 is 1.79 bits per heavy atom. The Balaban J connectivity index is 1.35. The number of carbonyl (C=O) groups is 1. The number of carbonyl (C=O) groups excluding carboxylic acids is 1. The molecule has 3 aromatic carbocycles. The van der Waals surface area contributed by atoms with Crippen molar-refractivity contribution in [2.45, 2.75) is 32.5 Å². The molecule has 1 amide bonds. The largest absolute Gasteiger partial charge is 0.492 e. The van der Waals surface area contributed by atoms with Crippen molar-refractivity contribution in [1.82, 2.24) is 18.2 Å². The molecule has 0 aliphatic rings. The highest BCUT2D eigenvalue weighted by Crippen LogP contribution is 2.29. The molecule has 0 saturated carbocycles. The zero-order valence-electron chi connectivity index (χ0n) is 24.5. The zero-order chi connectivity index (χ0) is 31.1. The van der Waals surface area contributed by atoms with Gasteiger partial charge in [-0.15, -0.1) is 0 Å². The molecular formula is C30H34N4O7S2. The Morgan fingerprint density at radius 3 is 2.51 bits per heavy atom. The summed E-state index contributed by atoms with van der Waals surface area (Å²) in [6.07, 6.45) is -1.80. The first-order chi connectivity index (χ1) is 20.2. The first-order valence-electron chi connectivity index (χ1n) is 13.6. The van der Waals surface area contributed by atoms with Crippen LogP contribution >= 0.6 is 12.2 Å². The van der Waals surface area contributed by atoms with Crippen molar-refractivity contribution >= 4 is 61.4 Å². The van der Waals surface area contributed by atoms with Gasteiger partial charge in [-0.3, -0.25) is 0 Å². The molecule has 2 heterocycles. The van der Waals surface area contributed by atoms with Crippen molar-refractivity contribution in [3.8, 4) is 5.75 Å². The molecule has 0 bridgehead atoms. The number of H-pyrrole nitrogens is 1. The van der Waals surface area contributed by atoms with E-state index in [0.29, 0.717) is 11.3 Å². The van der Waals surface area contributed by atoms with Crippen LogP contribution in [0.2, 0.25) is 0 Å². The highest BCUT2D eigenvalue weighted by molar-refractivity contribution is 7.88. The van der Waals surface area contributed by atoms with Gasteiger partial charge in [-0.25, -0.2) is 4.79 Å². The van der Waals surface area contributed by atoms with E-state index in [-0.39, 0.29) is 35.6 Å². The first-order valence-corrected chi connectivity index (χ1v) is 15.4. The Bertz CT molecular complexity index is 1970. The normalized spacial score (nSPS) is 13.2. The van der Waals surface area contributed by atoms with Crippen LogP contribution in [0.25, 0.3) is 32.9 Å². The number of aromatic amines is 1. The number of para-hydroxylation sites is 1. The van der Waals surface area contributed by atoms with Crippen molar-refractivity contribution in [2.24, 2.45) is 0 Å². The smallest absolute Gasteiger partial charge is 0.410 e. The summed E-state index contributed by atoms with van der Waals surface area (Å²) >= 11 is 5.16. The second kappa shape index (κ2) is 11.6. The van der Waals surface area contributed by atoms with Gasteiger partial charge in [0, 0.05) is 36.5 Å². The van der Waals surface area contributed by atoms with Gasteiger partial charge in [-0.05, 0) is 68.9 Å². The number of hydrogen-bond acceptors (Lipinski definition) is 8. The minimum Gasteiger partial charge on any atom is -0.492 e. The average molecular weight is 627 g/mol. The van der Waals surface area contributed by atoms with Crippen LogP contribution in [-0.4, -0.2) is 77.2 Å². The van der Waals surface area contributed by atoms with E-state index in [1.807, 2.05) is 36.4 Å². The van der Waals surface area contributed by atoms with Gasteiger partial charge in [-0.2, -0.15) is 16.7 Å². The van der Waals surface area contributed by atoms with Crippen LogP contribution in [0, 0.1) is 4.84 Å². The molecule has 11 nitrogen and oxygen atoms in total. The lowest BCUT2D eigenvalue weighted by atomic mass is 10.1. The third kappa shape index (κ3) is 6.39. The van der Waals surface area contributed by atoms with Gasteiger partial charge < -0.3 is 28.9 Å². The number of aliphatic hydroxyl groups excluding tert-OH is 1. The second-order valence-electron chi connectivity index (χ2n) is 11.3. The Kier molecular flexibility index (Phi) is 8.27. The molecular weight excluding hydrogens is 592 g/mol. The first kappa shape index (κ1) is 30.5. The van der Waals surface area contributed by atoms with Crippen molar-refractivity contribution in [3.05, 3.63) is 71.1 Å². The summed E-state index contributed by atoms with van der Waals surface area (Å²) in [4.78, 5) is 17.6. The summed E-state index contributed by atoms with van der Waals surface area (Å²) in [5, 5.41) is 13.4. The number of nitrogens with one attached hydrogen (secondary N) is 1. The highest BCUT2D eigenvalue weighted by atomic mass is 32.2. The summed E-state index contributed by atoms with van der Waals surface area (Å²) in [6, 6.07) is 18.4. The predicted octanol–water partition coefficient (Wildman–Crippen LogP) is 5.60. The van der Waals surface area contributed by atoms with Gasteiger partial charge in [0.05, 0.1) is 24.7 Å². The molecule has 5 aromatic rings. The second-order valence-corrected chi connectivity index (χ2v) is 13.7. The lowest BCUT2D eigenvalue weighted by Gasteiger charge is -2.29. The number of oxazole rings is 1. The molecule has 2 N–H and O–H groups in total. The van der Waals surface area contributed by atoms with E-state index in [1.165, 1.54) is 31.1 Å². The minimum atomic E-state index is -3.98. The fraction of sp³-hybridized carbons (Fsp3) is 0.333. The highest BCUT2D eigenvalue weighted by Gasteiger charge is 2.27. The molecule has 1 atom stereocenters. The molecule has 2 aromatic heterocycles. The molecule has 0 aliphatic heterocycles.